The molecule has 0 atom stereocenters. The summed E-state index contributed by atoms with van der Waals surface area (Å²) in [5.41, 5.74) is 2.47. The van der Waals surface area contributed by atoms with Gasteiger partial charge in [-0.2, -0.15) is 0 Å². The minimum absolute atomic E-state index is 0.833. The number of aryl methyl sites for hydroxylation is 1. The van der Waals surface area contributed by atoms with Crippen molar-refractivity contribution in [3.63, 3.8) is 0 Å². The quantitative estimate of drug-likeness (QED) is 0.642. The fourth-order valence-corrected chi connectivity index (χ4v) is 0.830. The van der Waals surface area contributed by atoms with E-state index in [1.54, 1.807) is 0 Å². The molecule has 1 rings (SSSR count). The van der Waals surface area contributed by atoms with Crippen LogP contribution < -0.4 is 0 Å². The topological polar surface area (TPSA) is 12.9 Å². The summed E-state index contributed by atoms with van der Waals surface area (Å²) in [7, 11) is 0. The summed E-state index contributed by atoms with van der Waals surface area (Å²) in [6.07, 6.45) is 7.75. The van der Waals surface area contributed by atoms with Crippen LogP contribution in [0.1, 0.15) is 52.7 Å². The molecular formula is C15H27N. The number of hydrogen-bond donors (Lipinski definition) is 0. The molecule has 0 aliphatic rings. The maximum atomic E-state index is 4.01. The molecule has 0 aliphatic heterocycles. The fraction of sp³-hybridized carbons (Fsp3) is 0.533. The molecule has 0 aliphatic carbocycles. The second kappa shape index (κ2) is 12.0. The smallest absolute Gasteiger partial charge is 0.0342 e. The molecule has 0 saturated heterocycles. The van der Waals surface area contributed by atoms with Gasteiger partial charge >= 0.3 is 0 Å². The van der Waals surface area contributed by atoms with Crippen molar-refractivity contribution in [3.8, 4) is 0 Å². The van der Waals surface area contributed by atoms with E-state index < -0.39 is 0 Å². The molecule has 92 valence electrons. The van der Waals surface area contributed by atoms with Crippen molar-refractivity contribution in [3.05, 3.63) is 35.7 Å². The normalized spacial score (nSPS) is 9.25. The Hall–Kier alpha value is -1.11. The van der Waals surface area contributed by atoms with Gasteiger partial charge in [0.25, 0.3) is 0 Å². The lowest BCUT2D eigenvalue weighted by molar-refractivity contribution is 0.737. The van der Waals surface area contributed by atoms with Gasteiger partial charge in [0.2, 0.25) is 0 Å². The van der Waals surface area contributed by atoms with E-state index in [-0.39, 0.29) is 0 Å². The van der Waals surface area contributed by atoms with Gasteiger partial charge in [0.15, 0.2) is 0 Å². The molecule has 0 N–H and O–H groups in total. The Labute approximate surface area is 102 Å². The number of allylic oxidation sites excluding steroid dienone is 1. The SMILES string of the molecule is C/C=C\c1cnccc1C.CC.CC(C)C. The van der Waals surface area contributed by atoms with Crippen molar-refractivity contribution in [2.45, 2.75) is 48.5 Å². The van der Waals surface area contributed by atoms with Crippen molar-refractivity contribution in [2.24, 2.45) is 5.92 Å². The van der Waals surface area contributed by atoms with Gasteiger partial charge in [0.05, 0.1) is 0 Å². The fourth-order valence-electron chi connectivity index (χ4n) is 0.830. The molecule has 0 bridgehead atoms. The third kappa shape index (κ3) is 11.0. The highest BCUT2D eigenvalue weighted by Crippen LogP contribution is 2.05. The lowest BCUT2D eigenvalue weighted by Gasteiger charge is -1.95. The van der Waals surface area contributed by atoms with Gasteiger partial charge in [-0.25, -0.2) is 0 Å². The summed E-state index contributed by atoms with van der Waals surface area (Å²) >= 11 is 0. The number of rotatable bonds is 1. The zero-order valence-corrected chi connectivity index (χ0v) is 11.9. The molecule has 1 aromatic rings. The van der Waals surface area contributed by atoms with E-state index in [0.29, 0.717) is 0 Å². The summed E-state index contributed by atoms with van der Waals surface area (Å²) in [6, 6.07) is 2.01. The van der Waals surface area contributed by atoms with E-state index >= 15 is 0 Å². The summed E-state index contributed by atoms with van der Waals surface area (Å²) < 4.78 is 0. The number of pyridine rings is 1. The van der Waals surface area contributed by atoms with Gasteiger partial charge in [-0.15, -0.1) is 0 Å². The van der Waals surface area contributed by atoms with Crippen LogP contribution in [0.4, 0.5) is 0 Å². The van der Waals surface area contributed by atoms with Gasteiger partial charge in [-0.3, -0.25) is 4.98 Å². The second-order valence-corrected chi connectivity index (χ2v) is 3.96. The molecule has 1 heterocycles. The second-order valence-electron chi connectivity index (χ2n) is 3.96. The Kier molecular flexibility index (Phi) is 12.9. The molecule has 0 spiro atoms. The van der Waals surface area contributed by atoms with E-state index in [4.69, 9.17) is 0 Å². The van der Waals surface area contributed by atoms with Crippen LogP contribution in [-0.4, -0.2) is 4.98 Å². The van der Waals surface area contributed by atoms with Gasteiger partial charge in [-0.05, 0) is 37.0 Å². The minimum Gasteiger partial charge on any atom is -0.264 e. The Morgan fingerprint density at radius 2 is 1.69 bits per heavy atom. The lowest BCUT2D eigenvalue weighted by Crippen LogP contribution is -1.80. The predicted octanol–water partition coefficient (Wildman–Crippen LogP) is 5.11. The molecule has 0 radical (unpaired) electrons. The highest BCUT2D eigenvalue weighted by molar-refractivity contribution is 5.51. The first kappa shape index (κ1) is 17.3. The summed E-state index contributed by atoms with van der Waals surface area (Å²) in [5, 5.41) is 0. The zero-order chi connectivity index (χ0) is 13.0. The summed E-state index contributed by atoms with van der Waals surface area (Å²) in [4.78, 5) is 4.01. The molecule has 1 heteroatoms. The number of nitrogens with zero attached hydrogens (tertiary/aromatic N) is 1. The first-order chi connectivity index (χ1) is 7.57. The van der Waals surface area contributed by atoms with Gasteiger partial charge in [0, 0.05) is 12.4 Å². The van der Waals surface area contributed by atoms with Crippen molar-refractivity contribution in [1.82, 2.24) is 4.98 Å². The average Bonchev–Trinajstić information content (AvgIpc) is 2.24. The minimum atomic E-state index is 0.833. The lowest BCUT2D eigenvalue weighted by atomic mass is 10.1. The van der Waals surface area contributed by atoms with Crippen molar-refractivity contribution in [1.29, 1.82) is 0 Å². The number of aromatic nitrogens is 1. The van der Waals surface area contributed by atoms with Crippen LogP contribution in [0.25, 0.3) is 6.08 Å². The Bertz CT molecular complexity index is 272. The molecule has 1 aromatic heterocycles. The molecule has 0 aromatic carbocycles. The van der Waals surface area contributed by atoms with Crippen LogP contribution >= 0.6 is 0 Å². The first-order valence-electron chi connectivity index (χ1n) is 6.11. The molecule has 0 amide bonds. The molecule has 0 saturated carbocycles. The standard InChI is InChI=1S/C9H11N.C4H10.C2H6/c1-3-4-9-7-10-6-5-8(9)2;1-4(2)3;1-2/h3-7H,1-2H3;4H,1-3H3;1-2H3/b4-3-;;. The molecular weight excluding hydrogens is 194 g/mol. The van der Waals surface area contributed by atoms with Gasteiger partial charge < -0.3 is 0 Å². The van der Waals surface area contributed by atoms with Crippen LogP contribution in [0.5, 0.6) is 0 Å². The highest BCUT2D eigenvalue weighted by atomic mass is 14.6. The van der Waals surface area contributed by atoms with Crippen molar-refractivity contribution < 1.29 is 0 Å². The van der Waals surface area contributed by atoms with E-state index in [0.717, 1.165) is 5.92 Å². The summed E-state index contributed by atoms with van der Waals surface area (Å²) in [5.74, 6) is 0.833. The maximum absolute atomic E-state index is 4.01. The molecule has 0 unspecified atom stereocenters. The Morgan fingerprint density at radius 3 is 2.06 bits per heavy atom. The van der Waals surface area contributed by atoms with E-state index in [9.17, 15) is 0 Å². The predicted molar refractivity (Wildman–Crippen MR) is 75.5 cm³/mol. The zero-order valence-electron chi connectivity index (χ0n) is 11.9. The summed E-state index contributed by atoms with van der Waals surface area (Å²) in [6.45, 7) is 14.6. The molecule has 16 heavy (non-hydrogen) atoms. The number of hydrogen-bond acceptors (Lipinski definition) is 1. The van der Waals surface area contributed by atoms with Crippen LogP contribution in [0, 0.1) is 12.8 Å². The van der Waals surface area contributed by atoms with Crippen LogP contribution in [-0.2, 0) is 0 Å². The van der Waals surface area contributed by atoms with Gasteiger partial charge in [0.1, 0.15) is 0 Å². The van der Waals surface area contributed by atoms with Crippen LogP contribution in [0.15, 0.2) is 24.5 Å². The van der Waals surface area contributed by atoms with Crippen LogP contribution in [0.2, 0.25) is 0 Å². The van der Waals surface area contributed by atoms with Gasteiger partial charge in [-0.1, -0.05) is 46.8 Å². The molecule has 0 fully saturated rings. The average molecular weight is 221 g/mol. The van der Waals surface area contributed by atoms with Crippen molar-refractivity contribution in [2.75, 3.05) is 0 Å². The third-order valence-corrected chi connectivity index (χ3v) is 1.43. The monoisotopic (exact) mass is 221 g/mol. The Balaban J connectivity index is 0. The van der Waals surface area contributed by atoms with Crippen LogP contribution in [0.3, 0.4) is 0 Å². The highest BCUT2D eigenvalue weighted by Gasteiger charge is 1.88. The van der Waals surface area contributed by atoms with E-state index in [1.165, 1.54) is 11.1 Å². The first-order valence-corrected chi connectivity index (χ1v) is 6.11. The maximum Gasteiger partial charge on any atom is 0.0342 e. The van der Waals surface area contributed by atoms with E-state index in [1.807, 2.05) is 45.3 Å². The third-order valence-electron chi connectivity index (χ3n) is 1.43. The Morgan fingerprint density at radius 1 is 1.19 bits per heavy atom. The van der Waals surface area contributed by atoms with E-state index in [2.05, 4.69) is 38.8 Å². The van der Waals surface area contributed by atoms with Crippen molar-refractivity contribution >= 4 is 6.08 Å². The molecule has 1 nitrogen and oxygen atoms in total. The largest absolute Gasteiger partial charge is 0.264 e.